The van der Waals surface area contributed by atoms with Crippen LogP contribution < -0.4 is 0 Å². The van der Waals surface area contributed by atoms with Crippen LogP contribution in [-0.2, 0) is 18.9 Å². The minimum absolute atomic E-state index is 0.261. The SMILES string of the molecule is CN(C1COC(C)(C)OC1)C1COC(C)(C)OC1. The van der Waals surface area contributed by atoms with Gasteiger partial charge in [-0.1, -0.05) is 0 Å². The van der Waals surface area contributed by atoms with Gasteiger partial charge in [-0.3, -0.25) is 4.90 Å². The molecule has 2 aliphatic heterocycles. The molecule has 0 unspecified atom stereocenters. The van der Waals surface area contributed by atoms with Crippen LogP contribution in [-0.4, -0.2) is 62.0 Å². The Morgan fingerprint density at radius 1 is 0.722 bits per heavy atom. The molecule has 2 aliphatic rings. The molecule has 18 heavy (non-hydrogen) atoms. The van der Waals surface area contributed by atoms with E-state index in [2.05, 4.69) is 11.9 Å². The molecule has 0 amide bonds. The lowest BCUT2D eigenvalue weighted by atomic mass is 10.1. The monoisotopic (exact) mass is 259 g/mol. The Bertz CT molecular complexity index is 245. The molecule has 0 spiro atoms. The Labute approximate surface area is 109 Å². The third-order valence-corrected chi connectivity index (χ3v) is 3.65. The molecular weight excluding hydrogens is 234 g/mol. The predicted molar refractivity (Wildman–Crippen MR) is 67.3 cm³/mol. The van der Waals surface area contributed by atoms with Crippen molar-refractivity contribution in [3.8, 4) is 0 Å². The van der Waals surface area contributed by atoms with Crippen LogP contribution in [0.1, 0.15) is 27.7 Å². The van der Waals surface area contributed by atoms with Crippen molar-refractivity contribution in [2.75, 3.05) is 33.5 Å². The van der Waals surface area contributed by atoms with E-state index in [9.17, 15) is 0 Å². The van der Waals surface area contributed by atoms with Gasteiger partial charge in [0.2, 0.25) is 0 Å². The number of hydrogen-bond donors (Lipinski definition) is 0. The second kappa shape index (κ2) is 5.06. The largest absolute Gasteiger partial charge is 0.349 e. The Kier molecular flexibility index (Phi) is 3.99. The molecule has 0 aliphatic carbocycles. The third-order valence-electron chi connectivity index (χ3n) is 3.65. The topological polar surface area (TPSA) is 40.2 Å². The molecule has 0 radical (unpaired) electrons. The second-order valence-electron chi connectivity index (χ2n) is 6.02. The van der Waals surface area contributed by atoms with E-state index in [0.717, 1.165) is 0 Å². The fourth-order valence-corrected chi connectivity index (χ4v) is 2.14. The summed E-state index contributed by atoms with van der Waals surface area (Å²) in [5.74, 6) is -0.919. The van der Waals surface area contributed by atoms with Crippen LogP contribution in [0.15, 0.2) is 0 Å². The zero-order valence-electron chi connectivity index (χ0n) is 12.1. The number of likely N-dealkylation sites (N-methyl/N-ethyl adjacent to an activating group) is 1. The van der Waals surface area contributed by atoms with Crippen molar-refractivity contribution in [1.82, 2.24) is 4.90 Å². The summed E-state index contributed by atoms with van der Waals surface area (Å²) in [6.07, 6.45) is 0. The Morgan fingerprint density at radius 3 is 1.28 bits per heavy atom. The summed E-state index contributed by atoms with van der Waals surface area (Å²) in [6, 6.07) is 0.521. The van der Waals surface area contributed by atoms with Gasteiger partial charge in [0, 0.05) is 0 Å². The maximum Gasteiger partial charge on any atom is 0.162 e. The van der Waals surface area contributed by atoms with Crippen molar-refractivity contribution in [2.24, 2.45) is 0 Å². The maximum atomic E-state index is 5.69. The highest BCUT2D eigenvalue weighted by atomic mass is 16.7. The van der Waals surface area contributed by atoms with Gasteiger partial charge in [0.1, 0.15) is 0 Å². The predicted octanol–water partition coefficient (Wildman–Crippen LogP) is 1.22. The molecule has 0 aromatic rings. The number of ether oxygens (including phenoxy) is 4. The molecule has 0 bridgehead atoms. The number of hydrogen-bond acceptors (Lipinski definition) is 5. The average molecular weight is 259 g/mol. The first-order valence-corrected chi connectivity index (χ1v) is 6.57. The van der Waals surface area contributed by atoms with Gasteiger partial charge in [0.15, 0.2) is 11.6 Å². The van der Waals surface area contributed by atoms with Gasteiger partial charge in [-0.05, 0) is 34.7 Å². The third kappa shape index (κ3) is 3.42. The summed E-state index contributed by atoms with van der Waals surface area (Å²) in [4.78, 5) is 2.24. The zero-order valence-corrected chi connectivity index (χ0v) is 12.1. The van der Waals surface area contributed by atoms with Crippen molar-refractivity contribution in [3.05, 3.63) is 0 Å². The van der Waals surface area contributed by atoms with E-state index in [4.69, 9.17) is 18.9 Å². The van der Waals surface area contributed by atoms with E-state index < -0.39 is 11.6 Å². The molecule has 2 saturated heterocycles. The molecule has 2 fully saturated rings. The summed E-state index contributed by atoms with van der Waals surface area (Å²) in [6.45, 7) is 10.5. The van der Waals surface area contributed by atoms with Crippen LogP contribution in [0.4, 0.5) is 0 Å². The highest BCUT2D eigenvalue weighted by molar-refractivity contribution is 4.82. The Morgan fingerprint density at radius 2 is 1.00 bits per heavy atom. The van der Waals surface area contributed by atoms with Crippen molar-refractivity contribution >= 4 is 0 Å². The summed E-state index contributed by atoms with van der Waals surface area (Å²) in [5, 5.41) is 0. The van der Waals surface area contributed by atoms with Crippen LogP contribution in [0.3, 0.4) is 0 Å². The van der Waals surface area contributed by atoms with Crippen molar-refractivity contribution in [1.29, 1.82) is 0 Å². The second-order valence-corrected chi connectivity index (χ2v) is 6.02. The lowest BCUT2D eigenvalue weighted by Gasteiger charge is -2.44. The van der Waals surface area contributed by atoms with Crippen molar-refractivity contribution in [3.63, 3.8) is 0 Å². The van der Waals surface area contributed by atoms with Crippen LogP contribution >= 0.6 is 0 Å². The first kappa shape index (κ1) is 14.2. The maximum absolute atomic E-state index is 5.69. The van der Waals surface area contributed by atoms with Gasteiger partial charge in [-0.2, -0.15) is 0 Å². The zero-order chi connectivity index (χ0) is 13.4. The highest BCUT2D eigenvalue weighted by Gasteiger charge is 2.36. The van der Waals surface area contributed by atoms with Crippen LogP contribution in [0.25, 0.3) is 0 Å². The summed E-state index contributed by atoms with van der Waals surface area (Å²) < 4.78 is 22.7. The molecule has 106 valence electrons. The van der Waals surface area contributed by atoms with Gasteiger partial charge >= 0.3 is 0 Å². The molecule has 0 saturated carbocycles. The van der Waals surface area contributed by atoms with Crippen molar-refractivity contribution in [2.45, 2.75) is 51.4 Å². The fourth-order valence-electron chi connectivity index (χ4n) is 2.14. The van der Waals surface area contributed by atoms with E-state index in [1.165, 1.54) is 0 Å². The lowest BCUT2D eigenvalue weighted by Crippen LogP contribution is -2.57. The molecule has 2 heterocycles. The highest BCUT2D eigenvalue weighted by Crippen LogP contribution is 2.24. The van der Waals surface area contributed by atoms with Gasteiger partial charge in [-0.25, -0.2) is 0 Å². The smallest absolute Gasteiger partial charge is 0.162 e. The van der Waals surface area contributed by atoms with Crippen molar-refractivity contribution < 1.29 is 18.9 Å². The quantitative estimate of drug-likeness (QED) is 0.746. The van der Waals surface area contributed by atoms with Crippen LogP contribution in [0, 0.1) is 0 Å². The summed E-state index contributed by atoms with van der Waals surface area (Å²) in [7, 11) is 2.07. The number of rotatable bonds is 2. The first-order valence-electron chi connectivity index (χ1n) is 6.57. The van der Waals surface area contributed by atoms with E-state index in [0.29, 0.717) is 26.4 Å². The lowest BCUT2D eigenvalue weighted by molar-refractivity contribution is -0.285. The van der Waals surface area contributed by atoms with Gasteiger partial charge < -0.3 is 18.9 Å². The fraction of sp³-hybridized carbons (Fsp3) is 1.00. The van der Waals surface area contributed by atoms with E-state index in [-0.39, 0.29) is 12.1 Å². The van der Waals surface area contributed by atoms with Gasteiger partial charge in [0.05, 0.1) is 38.5 Å². The van der Waals surface area contributed by atoms with E-state index in [1.54, 1.807) is 0 Å². The van der Waals surface area contributed by atoms with Crippen LogP contribution in [0.5, 0.6) is 0 Å². The summed E-state index contributed by atoms with van der Waals surface area (Å²) >= 11 is 0. The molecule has 0 aromatic heterocycles. The molecule has 5 heteroatoms. The molecule has 2 rings (SSSR count). The normalized spacial score (nSPS) is 29.7. The van der Waals surface area contributed by atoms with Crippen LogP contribution in [0.2, 0.25) is 0 Å². The van der Waals surface area contributed by atoms with Gasteiger partial charge in [0.25, 0.3) is 0 Å². The molecule has 0 N–H and O–H groups in total. The summed E-state index contributed by atoms with van der Waals surface area (Å²) in [5.41, 5.74) is 0. The Hall–Kier alpha value is -0.200. The molecule has 0 aromatic carbocycles. The number of nitrogens with zero attached hydrogens (tertiary/aromatic N) is 1. The Balaban J connectivity index is 1.83. The molecular formula is C13H25NO4. The minimum Gasteiger partial charge on any atom is -0.349 e. The minimum atomic E-state index is -0.459. The standard InChI is InChI=1S/C13H25NO4/c1-12(2)15-6-10(7-16-12)14(5)11-8-17-13(3,4)18-9-11/h10-11H,6-9H2,1-5H3. The first-order chi connectivity index (χ1) is 8.29. The van der Waals surface area contributed by atoms with Gasteiger partial charge in [-0.15, -0.1) is 0 Å². The molecule has 0 atom stereocenters. The van der Waals surface area contributed by atoms with E-state index >= 15 is 0 Å². The molecule has 5 nitrogen and oxygen atoms in total. The average Bonchev–Trinajstić information content (AvgIpc) is 2.28. The van der Waals surface area contributed by atoms with E-state index in [1.807, 2.05) is 27.7 Å².